The minimum atomic E-state index is -0.236. The van der Waals surface area contributed by atoms with Gasteiger partial charge in [0.05, 0.1) is 5.52 Å². The highest BCUT2D eigenvalue weighted by Crippen LogP contribution is 2.28. The summed E-state index contributed by atoms with van der Waals surface area (Å²) in [6, 6.07) is 21.0. The number of fused-ring (bicyclic) bond motifs is 3. The summed E-state index contributed by atoms with van der Waals surface area (Å²) >= 11 is 0. The van der Waals surface area contributed by atoms with Gasteiger partial charge in [0.2, 0.25) is 0 Å². The maximum atomic E-state index is 13.4. The molecule has 4 rings (SSSR count). The number of halogens is 1. The molecule has 25 heavy (non-hydrogen) atoms. The zero-order valence-corrected chi connectivity index (χ0v) is 13.8. The summed E-state index contributed by atoms with van der Waals surface area (Å²) in [6.07, 6.45) is 0. The van der Waals surface area contributed by atoms with Gasteiger partial charge in [0, 0.05) is 35.4 Å². The molecule has 2 N–H and O–H groups in total. The molecule has 0 saturated carbocycles. The Hall–Kier alpha value is -2.85. The van der Waals surface area contributed by atoms with E-state index in [2.05, 4.69) is 22.4 Å². The molecule has 0 atom stereocenters. The first-order valence-electron chi connectivity index (χ1n) is 8.38. The molecule has 1 aromatic heterocycles. The quantitative estimate of drug-likeness (QED) is 0.505. The monoisotopic (exact) mass is 334 g/mol. The number of aromatic amines is 1. The Labute approximate surface area is 145 Å². The first kappa shape index (κ1) is 15.7. The van der Waals surface area contributed by atoms with Crippen molar-refractivity contribution in [3.63, 3.8) is 0 Å². The van der Waals surface area contributed by atoms with E-state index in [1.54, 1.807) is 6.07 Å². The normalized spacial score (nSPS) is 11.2. The van der Waals surface area contributed by atoms with E-state index in [0.29, 0.717) is 6.61 Å². The number of H-pyrrole nitrogens is 1. The minimum Gasteiger partial charge on any atom is -0.492 e. The highest BCUT2D eigenvalue weighted by Gasteiger charge is 2.06. The molecule has 4 aromatic rings. The molecule has 0 fully saturated rings. The second-order valence-corrected chi connectivity index (χ2v) is 6.03. The molecule has 0 radical (unpaired) electrons. The topological polar surface area (TPSA) is 37.0 Å². The molecule has 0 spiro atoms. The molecule has 126 valence electrons. The molecule has 0 saturated heterocycles. The summed E-state index contributed by atoms with van der Waals surface area (Å²) in [5.74, 6) is 0.570. The summed E-state index contributed by atoms with van der Waals surface area (Å²) in [7, 11) is 0. The maximum absolute atomic E-state index is 13.4. The molecule has 3 nitrogen and oxygen atoms in total. The van der Waals surface area contributed by atoms with Gasteiger partial charge in [0.1, 0.15) is 18.2 Å². The van der Waals surface area contributed by atoms with E-state index in [9.17, 15) is 4.39 Å². The van der Waals surface area contributed by atoms with Gasteiger partial charge in [-0.05, 0) is 35.9 Å². The first-order chi connectivity index (χ1) is 12.3. The second kappa shape index (κ2) is 6.95. The third-order valence-corrected chi connectivity index (χ3v) is 4.25. The smallest absolute Gasteiger partial charge is 0.125 e. The largest absolute Gasteiger partial charge is 0.492 e. The Morgan fingerprint density at radius 2 is 1.64 bits per heavy atom. The molecule has 1 heterocycles. The van der Waals surface area contributed by atoms with Gasteiger partial charge in [-0.15, -0.1) is 0 Å². The summed E-state index contributed by atoms with van der Waals surface area (Å²) in [4.78, 5) is 3.25. The van der Waals surface area contributed by atoms with Crippen LogP contribution in [-0.4, -0.2) is 18.1 Å². The van der Waals surface area contributed by atoms with Crippen LogP contribution in [0.3, 0.4) is 0 Å². The van der Waals surface area contributed by atoms with Crippen LogP contribution >= 0.6 is 0 Å². The van der Waals surface area contributed by atoms with Crippen LogP contribution in [-0.2, 0) is 6.54 Å². The van der Waals surface area contributed by atoms with Crippen molar-refractivity contribution in [2.75, 3.05) is 13.2 Å². The van der Waals surface area contributed by atoms with E-state index in [0.717, 1.165) is 40.6 Å². The molecule has 4 heteroatoms. The van der Waals surface area contributed by atoms with Crippen LogP contribution in [0.15, 0.2) is 66.7 Å². The zero-order chi connectivity index (χ0) is 17.1. The van der Waals surface area contributed by atoms with Crippen LogP contribution in [0.25, 0.3) is 21.8 Å². The number of benzene rings is 3. The standard InChI is InChI=1S/C21H19FN2O/c22-16-6-8-18-19-9-7-17(13-21(19)24-20(18)12-16)25-11-10-23-14-15-4-2-1-3-5-15/h1-9,12-13,23-24H,10-11,14H2. The highest BCUT2D eigenvalue weighted by molar-refractivity contribution is 6.07. The minimum absolute atomic E-state index is 0.236. The average molecular weight is 334 g/mol. The summed E-state index contributed by atoms with van der Waals surface area (Å²) < 4.78 is 19.2. The van der Waals surface area contributed by atoms with E-state index < -0.39 is 0 Å². The van der Waals surface area contributed by atoms with Crippen LogP contribution in [0, 0.1) is 5.82 Å². The number of ether oxygens (including phenoxy) is 1. The lowest BCUT2D eigenvalue weighted by atomic mass is 10.1. The lowest BCUT2D eigenvalue weighted by Crippen LogP contribution is -2.20. The molecule has 0 aliphatic rings. The Balaban J connectivity index is 1.38. The predicted octanol–water partition coefficient (Wildman–Crippen LogP) is 4.63. The Bertz CT molecular complexity index is 995. The number of hydrogen-bond acceptors (Lipinski definition) is 2. The van der Waals surface area contributed by atoms with Crippen molar-refractivity contribution in [1.82, 2.24) is 10.3 Å². The van der Waals surface area contributed by atoms with Crippen molar-refractivity contribution in [1.29, 1.82) is 0 Å². The van der Waals surface area contributed by atoms with Gasteiger partial charge in [-0.2, -0.15) is 0 Å². The van der Waals surface area contributed by atoms with E-state index in [-0.39, 0.29) is 5.82 Å². The van der Waals surface area contributed by atoms with Crippen LogP contribution in [0.4, 0.5) is 4.39 Å². The van der Waals surface area contributed by atoms with Crippen molar-refractivity contribution < 1.29 is 9.13 Å². The Morgan fingerprint density at radius 1 is 0.880 bits per heavy atom. The van der Waals surface area contributed by atoms with E-state index in [4.69, 9.17) is 4.74 Å². The summed E-state index contributed by atoms with van der Waals surface area (Å²) in [5, 5.41) is 5.46. The molecule has 0 bridgehead atoms. The Morgan fingerprint density at radius 3 is 2.48 bits per heavy atom. The number of nitrogens with one attached hydrogen (secondary N) is 2. The molecule has 0 amide bonds. The second-order valence-electron chi connectivity index (χ2n) is 6.03. The van der Waals surface area contributed by atoms with E-state index in [1.807, 2.05) is 36.4 Å². The van der Waals surface area contributed by atoms with Crippen molar-refractivity contribution in [2.45, 2.75) is 6.54 Å². The third kappa shape index (κ3) is 3.49. The fraction of sp³-hybridized carbons (Fsp3) is 0.143. The first-order valence-corrected chi connectivity index (χ1v) is 8.38. The molecule has 3 aromatic carbocycles. The highest BCUT2D eigenvalue weighted by atomic mass is 19.1. The van der Waals surface area contributed by atoms with Crippen LogP contribution in [0.1, 0.15) is 5.56 Å². The van der Waals surface area contributed by atoms with Gasteiger partial charge >= 0.3 is 0 Å². The van der Waals surface area contributed by atoms with E-state index >= 15 is 0 Å². The van der Waals surface area contributed by atoms with Crippen LogP contribution in [0.5, 0.6) is 5.75 Å². The fourth-order valence-corrected chi connectivity index (χ4v) is 3.02. The van der Waals surface area contributed by atoms with Crippen molar-refractivity contribution >= 4 is 21.8 Å². The van der Waals surface area contributed by atoms with Gasteiger partial charge in [0.15, 0.2) is 0 Å². The van der Waals surface area contributed by atoms with Crippen molar-refractivity contribution in [2.24, 2.45) is 0 Å². The Kier molecular flexibility index (Phi) is 4.36. The van der Waals surface area contributed by atoms with Crippen molar-refractivity contribution in [3.8, 4) is 5.75 Å². The molecule has 0 aliphatic carbocycles. The van der Waals surface area contributed by atoms with Gasteiger partial charge in [-0.3, -0.25) is 0 Å². The predicted molar refractivity (Wildman–Crippen MR) is 99.4 cm³/mol. The van der Waals surface area contributed by atoms with Gasteiger partial charge in [-0.1, -0.05) is 30.3 Å². The molecular weight excluding hydrogens is 315 g/mol. The summed E-state index contributed by atoms with van der Waals surface area (Å²) in [5.41, 5.74) is 3.02. The lowest BCUT2D eigenvalue weighted by molar-refractivity contribution is 0.314. The van der Waals surface area contributed by atoms with Crippen LogP contribution < -0.4 is 10.1 Å². The van der Waals surface area contributed by atoms with Crippen LogP contribution in [0.2, 0.25) is 0 Å². The van der Waals surface area contributed by atoms with Gasteiger partial charge in [0.25, 0.3) is 0 Å². The SMILES string of the molecule is Fc1ccc2c(c1)[nH]c1cc(OCCNCc3ccccc3)ccc12. The molecular formula is C21H19FN2O. The average Bonchev–Trinajstić information content (AvgIpc) is 2.98. The number of rotatable bonds is 6. The lowest BCUT2D eigenvalue weighted by Gasteiger charge is -2.08. The third-order valence-electron chi connectivity index (χ3n) is 4.25. The summed E-state index contributed by atoms with van der Waals surface area (Å²) in [6.45, 7) is 2.19. The number of hydrogen-bond donors (Lipinski definition) is 2. The number of aromatic nitrogens is 1. The van der Waals surface area contributed by atoms with Gasteiger partial charge in [-0.25, -0.2) is 4.39 Å². The van der Waals surface area contributed by atoms with Gasteiger partial charge < -0.3 is 15.0 Å². The zero-order valence-electron chi connectivity index (χ0n) is 13.8. The van der Waals surface area contributed by atoms with E-state index in [1.165, 1.54) is 17.7 Å². The van der Waals surface area contributed by atoms with Crippen molar-refractivity contribution in [3.05, 3.63) is 78.1 Å². The molecule has 0 aliphatic heterocycles. The molecule has 0 unspecified atom stereocenters. The maximum Gasteiger partial charge on any atom is 0.125 e. The fourth-order valence-electron chi connectivity index (χ4n) is 3.02.